The zero-order valence-corrected chi connectivity index (χ0v) is 10.6. The highest BCUT2D eigenvalue weighted by molar-refractivity contribution is 7.09. The Kier molecular flexibility index (Phi) is 2.61. The van der Waals surface area contributed by atoms with Crippen LogP contribution in [0.5, 0.6) is 0 Å². The molecule has 0 aliphatic carbocycles. The molecule has 2 N–H and O–H groups in total. The first-order valence-electron chi connectivity index (χ1n) is 5.72. The molecule has 2 heterocycles. The number of nitrogens with zero attached hydrogens (tertiary/aromatic N) is 2. The van der Waals surface area contributed by atoms with E-state index in [2.05, 4.69) is 21.3 Å². The number of thiazole rings is 1. The smallest absolute Gasteiger partial charge is 0.107 e. The van der Waals surface area contributed by atoms with Gasteiger partial charge in [0, 0.05) is 29.9 Å². The summed E-state index contributed by atoms with van der Waals surface area (Å²) in [6.45, 7) is 4.89. The average Bonchev–Trinajstić information content (AvgIpc) is 2.86. The summed E-state index contributed by atoms with van der Waals surface area (Å²) in [6.07, 6.45) is 0. The molecule has 0 unspecified atom stereocenters. The highest BCUT2D eigenvalue weighted by Gasteiger charge is 2.21. The number of rotatable bonds is 2. The van der Waals surface area contributed by atoms with Crippen LogP contribution in [0.15, 0.2) is 23.6 Å². The van der Waals surface area contributed by atoms with Crippen molar-refractivity contribution in [3.8, 4) is 0 Å². The Balaban J connectivity index is 1.76. The van der Waals surface area contributed by atoms with Crippen LogP contribution in [0.25, 0.3) is 0 Å². The molecule has 88 valence electrons. The number of hydrogen-bond acceptors (Lipinski definition) is 4. The van der Waals surface area contributed by atoms with E-state index in [1.165, 1.54) is 16.1 Å². The normalized spacial score (nSPS) is 15.1. The van der Waals surface area contributed by atoms with Crippen LogP contribution in [0.3, 0.4) is 0 Å². The van der Waals surface area contributed by atoms with E-state index in [1.54, 1.807) is 11.3 Å². The van der Waals surface area contributed by atoms with Gasteiger partial charge in [0.25, 0.3) is 0 Å². The lowest BCUT2D eigenvalue weighted by Crippen LogP contribution is -2.15. The summed E-state index contributed by atoms with van der Waals surface area (Å²) in [5.41, 5.74) is 10.7. The molecule has 0 radical (unpaired) electrons. The van der Waals surface area contributed by atoms with Crippen LogP contribution < -0.4 is 5.73 Å². The predicted octanol–water partition coefficient (Wildman–Crippen LogP) is 2.55. The van der Waals surface area contributed by atoms with Gasteiger partial charge in [0.1, 0.15) is 5.01 Å². The summed E-state index contributed by atoms with van der Waals surface area (Å²) in [5, 5.41) is 3.29. The standard InChI is InChI=1S/C13H15N3S/c1-9-8-17-13(15-9)7-16-5-10-3-2-4-12(14)11(10)6-16/h2-4,8H,5-7,14H2,1H3. The number of aryl methyl sites for hydroxylation is 1. The van der Waals surface area contributed by atoms with Gasteiger partial charge >= 0.3 is 0 Å². The minimum atomic E-state index is 0.917. The topological polar surface area (TPSA) is 42.1 Å². The van der Waals surface area contributed by atoms with Crippen LogP contribution >= 0.6 is 11.3 Å². The van der Waals surface area contributed by atoms with E-state index in [4.69, 9.17) is 5.73 Å². The highest BCUT2D eigenvalue weighted by atomic mass is 32.1. The summed E-state index contributed by atoms with van der Waals surface area (Å²) >= 11 is 1.74. The Morgan fingerprint density at radius 3 is 3.00 bits per heavy atom. The van der Waals surface area contributed by atoms with Crippen molar-refractivity contribution < 1.29 is 0 Å². The first kappa shape index (κ1) is 10.7. The van der Waals surface area contributed by atoms with Crippen LogP contribution in [-0.4, -0.2) is 9.88 Å². The van der Waals surface area contributed by atoms with Crippen LogP contribution in [0, 0.1) is 6.92 Å². The molecule has 1 aliphatic rings. The zero-order valence-electron chi connectivity index (χ0n) is 9.81. The molecule has 4 heteroatoms. The molecule has 0 saturated carbocycles. The first-order valence-corrected chi connectivity index (χ1v) is 6.60. The second-order valence-electron chi connectivity index (χ2n) is 4.51. The summed E-state index contributed by atoms with van der Waals surface area (Å²) in [5.74, 6) is 0. The molecule has 2 aromatic rings. The molecule has 0 saturated heterocycles. The molecule has 1 aromatic heterocycles. The van der Waals surface area contributed by atoms with Gasteiger partial charge in [0.05, 0.1) is 6.54 Å². The minimum Gasteiger partial charge on any atom is -0.398 e. The first-order chi connectivity index (χ1) is 8.22. The lowest BCUT2D eigenvalue weighted by Gasteiger charge is -2.12. The maximum Gasteiger partial charge on any atom is 0.107 e. The van der Waals surface area contributed by atoms with E-state index in [1.807, 2.05) is 19.1 Å². The van der Waals surface area contributed by atoms with Gasteiger partial charge in [-0.05, 0) is 24.1 Å². The second kappa shape index (κ2) is 4.13. The molecule has 17 heavy (non-hydrogen) atoms. The lowest BCUT2D eigenvalue weighted by molar-refractivity contribution is 0.275. The average molecular weight is 245 g/mol. The minimum absolute atomic E-state index is 0.917. The number of anilines is 1. The summed E-state index contributed by atoms with van der Waals surface area (Å²) in [4.78, 5) is 6.89. The van der Waals surface area contributed by atoms with Crippen LogP contribution in [-0.2, 0) is 19.6 Å². The number of nitrogens with two attached hydrogens (primary N) is 1. The van der Waals surface area contributed by atoms with Crippen molar-refractivity contribution in [2.24, 2.45) is 0 Å². The van der Waals surface area contributed by atoms with Gasteiger partial charge in [-0.3, -0.25) is 4.90 Å². The zero-order chi connectivity index (χ0) is 11.8. The maximum absolute atomic E-state index is 5.99. The third-order valence-electron chi connectivity index (χ3n) is 3.11. The molecule has 1 aromatic carbocycles. The highest BCUT2D eigenvalue weighted by Crippen LogP contribution is 2.28. The SMILES string of the molecule is Cc1csc(CN2Cc3cccc(N)c3C2)n1. The van der Waals surface area contributed by atoms with E-state index in [0.717, 1.165) is 31.0 Å². The van der Waals surface area contributed by atoms with Crippen molar-refractivity contribution in [3.63, 3.8) is 0 Å². The fraction of sp³-hybridized carbons (Fsp3) is 0.308. The summed E-state index contributed by atoms with van der Waals surface area (Å²) in [7, 11) is 0. The van der Waals surface area contributed by atoms with Gasteiger partial charge in [-0.1, -0.05) is 12.1 Å². The molecule has 0 atom stereocenters. The second-order valence-corrected chi connectivity index (χ2v) is 5.46. The molecule has 0 amide bonds. The van der Waals surface area contributed by atoms with Gasteiger partial charge in [-0.15, -0.1) is 11.3 Å². The summed E-state index contributed by atoms with van der Waals surface area (Å²) in [6, 6.07) is 6.18. The number of hydrogen-bond donors (Lipinski definition) is 1. The fourth-order valence-electron chi connectivity index (χ4n) is 2.29. The molecular weight excluding hydrogens is 230 g/mol. The van der Waals surface area contributed by atoms with Gasteiger partial charge < -0.3 is 5.73 Å². The molecule has 1 aliphatic heterocycles. The molecule has 3 rings (SSSR count). The number of nitrogen functional groups attached to an aromatic ring is 1. The Bertz CT molecular complexity index is 547. The lowest BCUT2D eigenvalue weighted by atomic mass is 10.1. The Hall–Kier alpha value is -1.39. The van der Waals surface area contributed by atoms with Gasteiger partial charge in [-0.2, -0.15) is 0 Å². The van der Waals surface area contributed by atoms with E-state index in [0.29, 0.717) is 0 Å². The molecule has 0 bridgehead atoms. The Labute approximate surface area is 105 Å². The van der Waals surface area contributed by atoms with E-state index in [-0.39, 0.29) is 0 Å². The van der Waals surface area contributed by atoms with Crippen molar-refractivity contribution in [1.82, 2.24) is 9.88 Å². The number of aromatic nitrogens is 1. The summed E-state index contributed by atoms with van der Waals surface area (Å²) < 4.78 is 0. The van der Waals surface area contributed by atoms with Crippen molar-refractivity contribution in [2.45, 2.75) is 26.6 Å². The van der Waals surface area contributed by atoms with E-state index in [9.17, 15) is 0 Å². The van der Waals surface area contributed by atoms with Crippen LogP contribution in [0.2, 0.25) is 0 Å². The van der Waals surface area contributed by atoms with E-state index >= 15 is 0 Å². The van der Waals surface area contributed by atoms with Gasteiger partial charge in [0.15, 0.2) is 0 Å². The molecule has 3 nitrogen and oxygen atoms in total. The van der Waals surface area contributed by atoms with Crippen LogP contribution in [0.1, 0.15) is 21.8 Å². The van der Waals surface area contributed by atoms with Gasteiger partial charge in [-0.25, -0.2) is 4.98 Å². The molecule has 0 spiro atoms. The molecular formula is C13H15N3S. The van der Waals surface area contributed by atoms with Crippen molar-refractivity contribution in [1.29, 1.82) is 0 Å². The monoisotopic (exact) mass is 245 g/mol. The van der Waals surface area contributed by atoms with Crippen molar-refractivity contribution >= 4 is 17.0 Å². The van der Waals surface area contributed by atoms with Gasteiger partial charge in [0.2, 0.25) is 0 Å². The van der Waals surface area contributed by atoms with Crippen LogP contribution in [0.4, 0.5) is 5.69 Å². The number of benzene rings is 1. The van der Waals surface area contributed by atoms with Crippen molar-refractivity contribution in [2.75, 3.05) is 5.73 Å². The Morgan fingerprint density at radius 2 is 2.29 bits per heavy atom. The largest absolute Gasteiger partial charge is 0.398 e. The Morgan fingerprint density at radius 1 is 1.41 bits per heavy atom. The molecule has 0 fully saturated rings. The quantitative estimate of drug-likeness (QED) is 0.827. The third-order valence-corrected chi connectivity index (χ3v) is 4.06. The predicted molar refractivity (Wildman–Crippen MR) is 70.7 cm³/mol. The number of fused-ring (bicyclic) bond motifs is 1. The third kappa shape index (κ3) is 2.06. The maximum atomic E-state index is 5.99. The van der Waals surface area contributed by atoms with E-state index < -0.39 is 0 Å². The fourth-order valence-corrected chi connectivity index (χ4v) is 3.11. The van der Waals surface area contributed by atoms with Crippen molar-refractivity contribution in [3.05, 3.63) is 45.4 Å².